The summed E-state index contributed by atoms with van der Waals surface area (Å²) in [5.74, 6) is -0.0873. The number of anilines is 1. The molecule has 7 heteroatoms. The van der Waals surface area contributed by atoms with Crippen molar-refractivity contribution in [1.82, 2.24) is 4.98 Å². The van der Waals surface area contributed by atoms with Gasteiger partial charge in [0.1, 0.15) is 0 Å². The third kappa shape index (κ3) is 8.57. The Labute approximate surface area is 175 Å². The Morgan fingerprint density at radius 2 is 2.00 bits per heavy atom. The highest BCUT2D eigenvalue weighted by Gasteiger charge is 2.14. The van der Waals surface area contributed by atoms with Gasteiger partial charge in [-0.05, 0) is 44.7 Å². The lowest BCUT2D eigenvalue weighted by atomic mass is 9.97. The maximum Gasteiger partial charge on any atom is 0.306 e. The molecule has 0 saturated carbocycles. The van der Waals surface area contributed by atoms with E-state index in [0.29, 0.717) is 17.7 Å². The van der Waals surface area contributed by atoms with Crippen LogP contribution in [0.2, 0.25) is 0 Å². The second-order valence-electron chi connectivity index (χ2n) is 7.76. The Hall–Kier alpha value is -1.66. The van der Waals surface area contributed by atoms with E-state index in [1.165, 1.54) is 11.3 Å². The summed E-state index contributed by atoms with van der Waals surface area (Å²) in [7, 11) is 0. The summed E-state index contributed by atoms with van der Waals surface area (Å²) in [4.78, 5) is 28.0. The number of hydrogen-bond acceptors (Lipinski definition) is 5. The van der Waals surface area contributed by atoms with Crippen molar-refractivity contribution < 1.29 is 14.3 Å². The van der Waals surface area contributed by atoms with Gasteiger partial charge in [0.15, 0.2) is 5.13 Å². The number of alkyl halides is 1. The number of carbonyl (C=O) groups is 2. The number of thiazole rings is 1. The average molecular weight is 425 g/mol. The smallest absolute Gasteiger partial charge is 0.306 e. The number of para-hydroxylation sites is 1. The quantitative estimate of drug-likeness (QED) is 0.367. The van der Waals surface area contributed by atoms with Gasteiger partial charge in [0, 0.05) is 11.3 Å². The van der Waals surface area contributed by atoms with E-state index in [4.69, 9.17) is 16.3 Å². The highest BCUT2D eigenvalue weighted by molar-refractivity contribution is 7.22. The van der Waals surface area contributed by atoms with E-state index in [-0.39, 0.29) is 29.6 Å². The van der Waals surface area contributed by atoms with Crippen molar-refractivity contribution in [1.29, 1.82) is 0 Å². The van der Waals surface area contributed by atoms with Crippen LogP contribution in [0.25, 0.3) is 10.2 Å². The number of benzene rings is 1. The van der Waals surface area contributed by atoms with Crippen LogP contribution in [-0.2, 0) is 14.3 Å². The van der Waals surface area contributed by atoms with Crippen molar-refractivity contribution in [3.63, 3.8) is 0 Å². The van der Waals surface area contributed by atoms with E-state index in [1.807, 2.05) is 38.1 Å². The van der Waals surface area contributed by atoms with Crippen LogP contribution in [-0.4, -0.2) is 28.3 Å². The zero-order valence-corrected chi connectivity index (χ0v) is 18.4. The van der Waals surface area contributed by atoms with Crippen LogP contribution in [0.3, 0.4) is 0 Å². The van der Waals surface area contributed by atoms with Crippen LogP contribution >= 0.6 is 22.9 Å². The molecule has 0 fully saturated rings. The lowest BCUT2D eigenvalue weighted by Gasteiger charge is -2.17. The molecule has 1 unspecified atom stereocenters. The largest absolute Gasteiger partial charge is 0.466 e. The molecule has 2 rings (SSSR count). The molecular formula is C21H29ClN2O3S. The number of nitrogens with zero attached hydrogens (tertiary/aromatic N) is 1. The Morgan fingerprint density at radius 3 is 2.71 bits per heavy atom. The number of esters is 1. The second kappa shape index (κ2) is 10.8. The van der Waals surface area contributed by atoms with E-state index in [2.05, 4.69) is 17.2 Å². The number of halogens is 1. The molecule has 1 aromatic heterocycles. The molecule has 0 saturated heterocycles. The highest BCUT2D eigenvalue weighted by Crippen LogP contribution is 2.25. The fraction of sp³-hybridized carbons (Fsp3) is 0.571. The van der Waals surface area contributed by atoms with Gasteiger partial charge in [-0.1, -0.05) is 43.2 Å². The van der Waals surface area contributed by atoms with Crippen molar-refractivity contribution in [2.45, 2.75) is 64.2 Å². The lowest BCUT2D eigenvalue weighted by molar-refractivity contribution is -0.145. The van der Waals surface area contributed by atoms with Crippen molar-refractivity contribution >= 4 is 50.2 Å². The van der Waals surface area contributed by atoms with Crippen molar-refractivity contribution in [3.8, 4) is 0 Å². The third-order valence-electron chi connectivity index (χ3n) is 4.44. The van der Waals surface area contributed by atoms with Crippen LogP contribution in [0, 0.1) is 5.92 Å². The molecule has 0 aliphatic rings. The third-order valence-corrected chi connectivity index (χ3v) is 5.58. The summed E-state index contributed by atoms with van der Waals surface area (Å²) in [6, 6.07) is 7.69. The minimum Gasteiger partial charge on any atom is -0.466 e. The zero-order valence-electron chi connectivity index (χ0n) is 16.8. The van der Waals surface area contributed by atoms with Gasteiger partial charge in [0.2, 0.25) is 5.91 Å². The molecule has 2 aromatic rings. The number of hydrogen-bond donors (Lipinski definition) is 1. The van der Waals surface area contributed by atoms with Crippen molar-refractivity contribution in [2.24, 2.45) is 5.92 Å². The first-order chi connectivity index (χ1) is 13.2. The van der Waals surface area contributed by atoms with Gasteiger partial charge in [-0.25, -0.2) is 4.98 Å². The summed E-state index contributed by atoms with van der Waals surface area (Å²) < 4.78 is 6.27. The van der Waals surface area contributed by atoms with E-state index in [9.17, 15) is 9.59 Å². The Kier molecular flexibility index (Phi) is 8.70. The summed E-state index contributed by atoms with van der Waals surface area (Å²) in [6.07, 6.45) is 4.10. The fourth-order valence-corrected chi connectivity index (χ4v) is 3.80. The minimum atomic E-state index is -0.339. The molecule has 1 heterocycles. The molecule has 0 aliphatic carbocycles. The number of carbonyl (C=O) groups excluding carboxylic acids is 2. The maximum absolute atomic E-state index is 12.0. The summed E-state index contributed by atoms with van der Waals surface area (Å²) in [6.45, 7) is 6.59. The molecule has 1 amide bonds. The summed E-state index contributed by atoms with van der Waals surface area (Å²) in [5.41, 5.74) is 0.853. The Morgan fingerprint density at radius 1 is 1.25 bits per heavy atom. The van der Waals surface area contributed by atoms with Crippen LogP contribution in [0.5, 0.6) is 0 Å². The fourth-order valence-electron chi connectivity index (χ4n) is 2.78. The van der Waals surface area contributed by atoms with Gasteiger partial charge >= 0.3 is 5.97 Å². The second-order valence-corrected chi connectivity index (χ2v) is 9.81. The van der Waals surface area contributed by atoms with Gasteiger partial charge in [-0.2, -0.15) is 0 Å². The molecule has 0 aliphatic heterocycles. The normalized spacial score (nSPS) is 12.7. The first-order valence-corrected chi connectivity index (χ1v) is 10.9. The number of amides is 1. The highest BCUT2D eigenvalue weighted by atomic mass is 35.5. The number of nitrogens with one attached hydrogen (secondary N) is 1. The van der Waals surface area contributed by atoms with E-state index >= 15 is 0 Å². The molecular weight excluding hydrogens is 396 g/mol. The van der Waals surface area contributed by atoms with E-state index in [1.54, 1.807) is 0 Å². The number of rotatable bonds is 11. The van der Waals surface area contributed by atoms with E-state index < -0.39 is 0 Å². The van der Waals surface area contributed by atoms with Crippen LogP contribution in [0.15, 0.2) is 24.3 Å². The molecule has 0 radical (unpaired) electrons. The standard InChI is InChI=1S/C21H29ClN2O3S/c1-15(7-6-13-21(2,3)22)12-14-27-19(26)11-10-18(25)24-20-23-16-8-4-5-9-17(16)28-20/h4-5,8-9,15H,6-7,10-14H2,1-3H3,(H,23,24,25). The van der Waals surface area contributed by atoms with E-state index in [0.717, 1.165) is 35.9 Å². The van der Waals surface area contributed by atoms with Crippen LogP contribution in [0.1, 0.15) is 59.3 Å². The lowest BCUT2D eigenvalue weighted by Crippen LogP contribution is -2.15. The Bertz CT molecular complexity index is 752. The predicted molar refractivity (Wildman–Crippen MR) is 116 cm³/mol. The molecule has 0 bridgehead atoms. The van der Waals surface area contributed by atoms with Crippen LogP contribution in [0.4, 0.5) is 5.13 Å². The van der Waals surface area contributed by atoms with Crippen molar-refractivity contribution in [3.05, 3.63) is 24.3 Å². The van der Waals surface area contributed by atoms with Crippen LogP contribution < -0.4 is 5.32 Å². The average Bonchev–Trinajstić information content (AvgIpc) is 3.01. The SMILES string of the molecule is CC(CCCC(C)(C)Cl)CCOC(=O)CCC(=O)Nc1nc2ccccc2s1. The molecule has 0 spiro atoms. The molecule has 1 atom stereocenters. The Balaban J connectivity index is 1.59. The number of ether oxygens (including phenoxy) is 1. The first kappa shape index (κ1) is 22.6. The monoisotopic (exact) mass is 424 g/mol. The van der Waals surface area contributed by atoms with Gasteiger partial charge in [-0.15, -0.1) is 11.6 Å². The molecule has 28 heavy (non-hydrogen) atoms. The topological polar surface area (TPSA) is 68.3 Å². The number of aromatic nitrogens is 1. The maximum atomic E-state index is 12.0. The summed E-state index contributed by atoms with van der Waals surface area (Å²) >= 11 is 7.61. The van der Waals surface area contributed by atoms with Gasteiger partial charge in [0.05, 0.1) is 23.2 Å². The zero-order chi connectivity index (χ0) is 20.6. The summed E-state index contributed by atoms with van der Waals surface area (Å²) in [5, 5.41) is 3.30. The minimum absolute atomic E-state index is 0.0749. The molecule has 1 N–H and O–H groups in total. The van der Waals surface area contributed by atoms with Gasteiger partial charge in [-0.3, -0.25) is 9.59 Å². The molecule has 1 aromatic carbocycles. The predicted octanol–water partition coefficient (Wildman–Crippen LogP) is 5.77. The van der Waals surface area contributed by atoms with Gasteiger partial charge in [0.25, 0.3) is 0 Å². The molecule has 154 valence electrons. The number of fused-ring (bicyclic) bond motifs is 1. The first-order valence-electron chi connectivity index (χ1n) is 9.73. The van der Waals surface area contributed by atoms with Crippen molar-refractivity contribution in [2.75, 3.05) is 11.9 Å². The van der Waals surface area contributed by atoms with Gasteiger partial charge < -0.3 is 10.1 Å². The molecule has 5 nitrogen and oxygen atoms in total.